The lowest BCUT2D eigenvalue weighted by Gasteiger charge is -2.24. The molecule has 1 heterocycles. The molecule has 1 amide bonds. The van der Waals surface area contributed by atoms with Gasteiger partial charge in [0.05, 0.1) is 0 Å². The average Bonchev–Trinajstić information content (AvgIpc) is 2.13. The number of carbonyl (C=O) groups excluding carboxylic acids is 1. The van der Waals surface area contributed by atoms with Crippen LogP contribution in [0.1, 0.15) is 11.1 Å². The number of nitrogens with one attached hydrogen (secondary N) is 1. The van der Waals surface area contributed by atoms with Gasteiger partial charge in [-0.1, -0.05) is 24.3 Å². The van der Waals surface area contributed by atoms with Crippen LogP contribution in [0.2, 0.25) is 0 Å². The van der Waals surface area contributed by atoms with Gasteiger partial charge < -0.3 is 5.32 Å². The average molecular weight is 183 g/mol. The van der Waals surface area contributed by atoms with E-state index in [1.165, 1.54) is 12.1 Å². The summed E-state index contributed by atoms with van der Waals surface area (Å²) in [7, 11) is 0. The van der Waals surface area contributed by atoms with Gasteiger partial charge in [-0.3, -0.25) is 4.79 Å². The van der Waals surface area contributed by atoms with Gasteiger partial charge in [0.1, 0.15) is 0 Å². The summed E-state index contributed by atoms with van der Waals surface area (Å²) in [5, 5.41) is 2.14. The van der Waals surface area contributed by atoms with Crippen molar-refractivity contribution in [3.05, 3.63) is 35.4 Å². The van der Waals surface area contributed by atoms with E-state index in [0.29, 0.717) is 5.56 Å². The minimum Gasteiger partial charge on any atom is -0.346 e. The molecule has 0 atom stereocenters. The standard InChI is InChI=1S/C9H7F2NO/c10-9(11)7-4-2-1-3-6(7)5-12-8(9)13/h1-4H,5H2,(H,12,13). The Morgan fingerprint density at radius 1 is 1.31 bits per heavy atom. The van der Waals surface area contributed by atoms with E-state index in [4.69, 9.17) is 0 Å². The van der Waals surface area contributed by atoms with Crippen LogP contribution in [0.3, 0.4) is 0 Å². The molecule has 1 aromatic rings. The van der Waals surface area contributed by atoms with Gasteiger partial charge in [0.2, 0.25) is 0 Å². The Hall–Kier alpha value is -1.45. The lowest BCUT2D eigenvalue weighted by atomic mass is 9.97. The number of hydrogen-bond donors (Lipinski definition) is 1. The molecule has 68 valence electrons. The highest BCUT2D eigenvalue weighted by Gasteiger charge is 2.44. The summed E-state index contributed by atoms with van der Waals surface area (Å²) in [5.74, 6) is -4.60. The van der Waals surface area contributed by atoms with Crippen molar-refractivity contribution in [3.8, 4) is 0 Å². The molecule has 2 rings (SSSR count). The Bertz CT molecular complexity index is 362. The predicted octanol–water partition coefficient (Wildman–Crippen LogP) is 1.41. The van der Waals surface area contributed by atoms with Crippen LogP contribution in [0.25, 0.3) is 0 Å². The molecule has 0 fully saturated rings. The van der Waals surface area contributed by atoms with Crippen LogP contribution in [0.5, 0.6) is 0 Å². The van der Waals surface area contributed by atoms with Crippen LogP contribution in [0.15, 0.2) is 24.3 Å². The highest BCUT2D eigenvalue weighted by Crippen LogP contribution is 2.33. The van der Waals surface area contributed by atoms with E-state index in [9.17, 15) is 13.6 Å². The molecule has 0 bridgehead atoms. The second-order valence-electron chi connectivity index (χ2n) is 2.91. The SMILES string of the molecule is O=C1NCc2ccccc2C1(F)F. The van der Waals surface area contributed by atoms with E-state index in [-0.39, 0.29) is 12.1 Å². The van der Waals surface area contributed by atoms with Crippen molar-refractivity contribution in [2.24, 2.45) is 0 Å². The zero-order valence-electron chi connectivity index (χ0n) is 6.68. The first kappa shape index (κ1) is 8.16. The molecule has 0 aromatic heterocycles. The summed E-state index contributed by atoms with van der Waals surface area (Å²) in [4.78, 5) is 10.8. The second-order valence-corrected chi connectivity index (χ2v) is 2.91. The number of rotatable bonds is 0. The molecule has 0 aliphatic carbocycles. The minimum absolute atomic E-state index is 0.182. The fraction of sp³-hybridized carbons (Fsp3) is 0.222. The van der Waals surface area contributed by atoms with Crippen molar-refractivity contribution in [3.63, 3.8) is 0 Å². The van der Waals surface area contributed by atoms with Crippen molar-refractivity contribution in [1.82, 2.24) is 5.32 Å². The van der Waals surface area contributed by atoms with Gasteiger partial charge in [-0.2, -0.15) is 8.78 Å². The largest absolute Gasteiger partial charge is 0.350 e. The van der Waals surface area contributed by atoms with Crippen LogP contribution in [-0.2, 0) is 17.3 Å². The van der Waals surface area contributed by atoms with Crippen molar-refractivity contribution in [2.45, 2.75) is 12.5 Å². The summed E-state index contributed by atoms with van der Waals surface area (Å²) in [6, 6.07) is 6.05. The van der Waals surface area contributed by atoms with Crippen LogP contribution < -0.4 is 5.32 Å². The number of benzene rings is 1. The van der Waals surface area contributed by atoms with Crippen molar-refractivity contribution < 1.29 is 13.6 Å². The van der Waals surface area contributed by atoms with E-state index in [2.05, 4.69) is 5.32 Å². The molecule has 2 nitrogen and oxygen atoms in total. The fourth-order valence-electron chi connectivity index (χ4n) is 1.39. The zero-order chi connectivity index (χ0) is 9.47. The third kappa shape index (κ3) is 1.09. The lowest BCUT2D eigenvalue weighted by molar-refractivity contribution is -0.148. The van der Waals surface area contributed by atoms with Gasteiger partial charge >= 0.3 is 5.92 Å². The highest BCUT2D eigenvalue weighted by molar-refractivity contribution is 5.86. The predicted molar refractivity (Wildman–Crippen MR) is 42.2 cm³/mol. The molecule has 0 saturated heterocycles. The summed E-state index contributed by atoms with van der Waals surface area (Å²) in [6.07, 6.45) is 0. The molecule has 1 aromatic carbocycles. The molecule has 13 heavy (non-hydrogen) atoms. The van der Waals surface area contributed by atoms with Crippen molar-refractivity contribution >= 4 is 5.91 Å². The number of alkyl halides is 2. The van der Waals surface area contributed by atoms with Crippen LogP contribution in [-0.4, -0.2) is 5.91 Å². The second kappa shape index (κ2) is 2.52. The van der Waals surface area contributed by atoms with Gasteiger partial charge in [0.25, 0.3) is 5.91 Å². The molecule has 0 radical (unpaired) electrons. The van der Waals surface area contributed by atoms with E-state index >= 15 is 0 Å². The van der Waals surface area contributed by atoms with Gasteiger partial charge in [0, 0.05) is 12.1 Å². The van der Waals surface area contributed by atoms with Crippen LogP contribution in [0.4, 0.5) is 8.78 Å². The summed E-state index contributed by atoms with van der Waals surface area (Å²) in [6.45, 7) is 0.185. The molecule has 0 unspecified atom stereocenters. The molecule has 0 saturated carbocycles. The molecule has 1 aliphatic heterocycles. The first-order valence-electron chi connectivity index (χ1n) is 3.87. The summed E-state index contributed by atoms with van der Waals surface area (Å²) >= 11 is 0. The van der Waals surface area contributed by atoms with Gasteiger partial charge in [-0.25, -0.2) is 0 Å². The summed E-state index contributed by atoms with van der Waals surface area (Å²) in [5.41, 5.74) is 0.297. The van der Waals surface area contributed by atoms with E-state index in [1.54, 1.807) is 12.1 Å². The maximum Gasteiger partial charge on any atom is 0.350 e. The normalized spacial score (nSPS) is 19.1. The lowest BCUT2D eigenvalue weighted by Crippen LogP contribution is -2.42. The molecular formula is C9H7F2NO. The Balaban J connectivity index is 2.59. The number of hydrogen-bond acceptors (Lipinski definition) is 1. The molecule has 0 spiro atoms. The maximum atomic E-state index is 13.2. The number of amides is 1. The topological polar surface area (TPSA) is 29.1 Å². The zero-order valence-corrected chi connectivity index (χ0v) is 6.68. The van der Waals surface area contributed by atoms with Gasteiger partial charge in [-0.15, -0.1) is 0 Å². The molecule has 1 N–H and O–H groups in total. The maximum absolute atomic E-state index is 13.2. The monoisotopic (exact) mass is 183 g/mol. The van der Waals surface area contributed by atoms with E-state index in [1.807, 2.05) is 0 Å². The third-order valence-corrected chi connectivity index (χ3v) is 2.08. The fourth-order valence-corrected chi connectivity index (χ4v) is 1.39. The number of fused-ring (bicyclic) bond motifs is 1. The smallest absolute Gasteiger partial charge is 0.346 e. The Kier molecular flexibility index (Phi) is 1.58. The van der Waals surface area contributed by atoms with Gasteiger partial charge in [-0.05, 0) is 5.56 Å². The van der Waals surface area contributed by atoms with E-state index in [0.717, 1.165) is 0 Å². The van der Waals surface area contributed by atoms with Crippen molar-refractivity contribution in [2.75, 3.05) is 0 Å². The third-order valence-electron chi connectivity index (χ3n) is 2.08. The quantitative estimate of drug-likeness (QED) is 0.647. The molecule has 4 heteroatoms. The minimum atomic E-state index is -3.38. The molecular weight excluding hydrogens is 176 g/mol. The highest BCUT2D eigenvalue weighted by atomic mass is 19.3. The number of carbonyl (C=O) groups is 1. The Morgan fingerprint density at radius 2 is 2.00 bits per heavy atom. The first-order chi connectivity index (χ1) is 6.12. The van der Waals surface area contributed by atoms with Crippen LogP contribution in [0, 0.1) is 0 Å². The Morgan fingerprint density at radius 3 is 2.77 bits per heavy atom. The van der Waals surface area contributed by atoms with Crippen LogP contribution >= 0.6 is 0 Å². The Labute approximate surface area is 73.6 Å². The first-order valence-corrected chi connectivity index (χ1v) is 3.87. The summed E-state index contributed by atoms with van der Waals surface area (Å²) < 4.78 is 26.4. The van der Waals surface area contributed by atoms with Crippen molar-refractivity contribution in [1.29, 1.82) is 0 Å². The molecule has 1 aliphatic rings. The number of halogens is 2. The van der Waals surface area contributed by atoms with E-state index < -0.39 is 11.8 Å². The van der Waals surface area contributed by atoms with Gasteiger partial charge in [0.15, 0.2) is 0 Å².